The Balaban J connectivity index is 3.19. The summed E-state index contributed by atoms with van der Waals surface area (Å²) in [6, 6.07) is 4.82. The molecule has 0 unspecified atom stereocenters. The highest BCUT2D eigenvalue weighted by molar-refractivity contribution is 5.59. The first-order valence-electron chi connectivity index (χ1n) is 5.21. The van der Waals surface area contributed by atoms with Crippen LogP contribution >= 0.6 is 0 Å². The molecule has 0 saturated heterocycles. The predicted octanol–water partition coefficient (Wildman–Crippen LogP) is 3.06. The zero-order chi connectivity index (χ0) is 12.3. The molecule has 1 rings (SSSR count). The molecule has 0 aliphatic carbocycles. The summed E-state index contributed by atoms with van der Waals surface area (Å²) in [4.78, 5) is 0. The fourth-order valence-electron chi connectivity index (χ4n) is 1.47. The zero-order valence-corrected chi connectivity index (χ0v) is 9.88. The number of aliphatic hydroxyl groups is 1. The van der Waals surface area contributed by atoms with Gasteiger partial charge >= 0.3 is 0 Å². The molecule has 0 aromatic heterocycles. The van der Waals surface area contributed by atoms with Gasteiger partial charge in [0.15, 0.2) is 0 Å². The third-order valence-corrected chi connectivity index (χ3v) is 2.28. The van der Waals surface area contributed by atoms with Gasteiger partial charge in [0, 0.05) is 5.56 Å². The summed E-state index contributed by atoms with van der Waals surface area (Å²) < 4.78 is 19.2. The maximum absolute atomic E-state index is 14.0. The molecule has 1 N–H and O–H groups in total. The molecule has 0 atom stereocenters. The number of benzene rings is 1. The van der Waals surface area contributed by atoms with Crippen molar-refractivity contribution in [1.29, 1.82) is 0 Å². The first kappa shape index (κ1) is 12.7. The van der Waals surface area contributed by atoms with Gasteiger partial charge in [0.2, 0.25) is 0 Å². The molecule has 0 aliphatic rings. The van der Waals surface area contributed by atoms with Gasteiger partial charge in [-0.15, -0.1) is 0 Å². The fraction of sp³-hybridized carbons (Fsp3) is 0.385. The fourth-order valence-corrected chi connectivity index (χ4v) is 1.47. The summed E-state index contributed by atoms with van der Waals surface area (Å²) in [5.74, 6) is -0.195. The number of ether oxygens (including phenoxy) is 1. The summed E-state index contributed by atoms with van der Waals surface area (Å²) in [6.45, 7) is 8.98. The molecule has 0 amide bonds. The quantitative estimate of drug-likeness (QED) is 0.796. The second-order valence-corrected chi connectivity index (χ2v) is 4.08. The van der Waals surface area contributed by atoms with Crippen molar-refractivity contribution < 1.29 is 14.2 Å². The van der Waals surface area contributed by atoms with Gasteiger partial charge in [0.1, 0.15) is 11.6 Å². The van der Waals surface area contributed by atoms with E-state index in [0.717, 1.165) is 0 Å². The van der Waals surface area contributed by atoms with Crippen molar-refractivity contribution >= 4 is 5.76 Å². The summed E-state index contributed by atoms with van der Waals surface area (Å²) in [5, 5.41) is 9.80. The van der Waals surface area contributed by atoms with Crippen molar-refractivity contribution in [1.82, 2.24) is 0 Å². The number of rotatable bonds is 4. The van der Waals surface area contributed by atoms with Gasteiger partial charge in [0.25, 0.3) is 0 Å². The van der Waals surface area contributed by atoms with E-state index in [-0.39, 0.29) is 11.3 Å². The van der Waals surface area contributed by atoms with Gasteiger partial charge in [-0.1, -0.05) is 18.7 Å². The Bertz CT molecular complexity index is 391. The van der Waals surface area contributed by atoms with E-state index in [1.807, 2.05) is 6.92 Å². The van der Waals surface area contributed by atoms with E-state index in [2.05, 4.69) is 6.58 Å². The molecule has 16 heavy (non-hydrogen) atoms. The van der Waals surface area contributed by atoms with Gasteiger partial charge in [-0.05, 0) is 26.8 Å². The van der Waals surface area contributed by atoms with Crippen molar-refractivity contribution in [3.05, 3.63) is 41.7 Å². The monoisotopic (exact) mass is 224 g/mol. The van der Waals surface area contributed by atoms with E-state index in [9.17, 15) is 9.50 Å². The van der Waals surface area contributed by atoms with Crippen molar-refractivity contribution in [3.63, 3.8) is 0 Å². The first-order valence-corrected chi connectivity index (χ1v) is 5.21. The third kappa shape index (κ3) is 2.61. The van der Waals surface area contributed by atoms with E-state index in [1.165, 1.54) is 0 Å². The lowest BCUT2D eigenvalue weighted by molar-refractivity contribution is 0.0744. The molecule has 0 saturated carbocycles. The standard InChI is InChI=1S/C13H17FO2/c1-5-16-9(2)10-7-6-8-11(12(10)14)13(3,4)15/h6-8,15H,2,5H2,1,3-4H3. The van der Waals surface area contributed by atoms with Gasteiger partial charge < -0.3 is 9.84 Å². The Hall–Kier alpha value is -1.35. The average molecular weight is 224 g/mol. The predicted molar refractivity (Wildman–Crippen MR) is 62.3 cm³/mol. The molecule has 1 aromatic rings. The smallest absolute Gasteiger partial charge is 0.140 e. The van der Waals surface area contributed by atoms with Gasteiger partial charge in [0.05, 0.1) is 17.8 Å². The van der Waals surface area contributed by atoms with E-state index >= 15 is 0 Å². The highest BCUT2D eigenvalue weighted by Gasteiger charge is 2.23. The van der Waals surface area contributed by atoms with E-state index in [1.54, 1.807) is 32.0 Å². The lowest BCUT2D eigenvalue weighted by Crippen LogP contribution is -2.18. The minimum absolute atomic E-state index is 0.242. The molecule has 0 aliphatic heterocycles. The topological polar surface area (TPSA) is 29.5 Å². The minimum atomic E-state index is -1.22. The van der Waals surface area contributed by atoms with Crippen LogP contribution in [0.5, 0.6) is 0 Å². The zero-order valence-electron chi connectivity index (χ0n) is 9.88. The normalized spacial score (nSPS) is 11.3. The molecule has 3 heteroatoms. The summed E-state index contributed by atoms with van der Waals surface area (Å²) in [5.41, 5.74) is -0.681. The van der Waals surface area contributed by atoms with Crippen LogP contribution in [0.2, 0.25) is 0 Å². The molecule has 0 spiro atoms. The summed E-state index contributed by atoms with van der Waals surface area (Å²) >= 11 is 0. The van der Waals surface area contributed by atoms with Crippen molar-refractivity contribution in [2.75, 3.05) is 6.61 Å². The van der Waals surface area contributed by atoms with Crippen LogP contribution in [-0.2, 0) is 10.3 Å². The van der Waals surface area contributed by atoms with Crippen LogP contribution in [0.1, 0.15) is 31.9 Å². The Labute approximate surface area is 95.4 Å². The van der Waals surface area contributed by atoms with Crippen molar-refractivity contribution in [2.24, 2.45) is 0 Å². The average Bonchev–Trinajstić information content (AvgIpc) is 2.16. The SMILES string of the molecule is C=C(OCC)c1cccc(C(C)(C)O)c1F. The van der Waals surface area contributed by atoms with Crippen LogP contribution in [0.15, 0.2) is 24.8 Å². The lowest BCUT2D eigenvalue weighted by atomic mass is 9.95. The highest BCUT2D eigenvalue weighted by atomic mass is 19.1. The number of halogens is 1. The molecule has 0 radical (unpaired) electrons. The molecule has 2 nitrogen and oxygen atoms in total. The lowest BCUT2D eigenvalue weighted by Gasteiger charge is -2.20. The maximum atomic E-state index is 14.0. The molecule has 0 heterocycles. The summed E-state index contributed by atoms with van der Waals surface area (Å²) in [6.07, 6.45) is 0. The van der Waals surface area contributed by atoms with Crippen molar-refractivity contribution in [3.8, 4) is 0 Å². The van der Waals surface area contributed by atoms with Crippen LogP contribution in [0, 0.1) is 5.82 Å². The van der Waals surface area contributed by atoms with E-state index in [0.29, 0.717) is 12.2 Å². The number of hydrogen-bond acceptors (Lipinski definition) is 2. The molecule has 1 aromatic carbocycles. The number of hydrogen-bond donors (Lipinski definition) is 1. The van der Waals surface area contributed by atoms with Crippen LogP contribution in [0.3, 0.4) is 0 Å². The maximum Gasteiger partial charge on any atom is 0.140 e. The van der Waals surface area contributed by atoms with Gasteiger partial charge in [-0.25, -0.2) is 4.39 Å². The van der Waals surface area contributed by atoms with Crippen LogP contribution < -0.4 is 0 Å². The van der Waals surface area contributed by atoms with E-state index in [4.69, 9.17) is 4.74 Å². The first-order chi connectivity index (χ1) is 7.38. The molecule has 0 fully saturated rings. The largest absolute Gasteiger partial charge is 0.494 e. The van der Waals surface area contributed by atoms with Crippen LogP contribution in [0.25, 0.3) is 5.76 Å². The third-order valence-electron chi connectivity index (χ3n) is 2.28. The van der Waals surface area contributed by atoms with Crippen LogP contribution in [0.4, 0.5) is 4.39 Å². The summed E-state index contributed by atoms with van der Waals surface area (Å²) in [7, 11) is 0. The molecular weight excluding hydrogens is 207 g/mol. The van der Waals surface area contributed by atoms with Gasteiger partial charge in [-0.2, -0.15) is 0 Å². The Kier molecular flexibility index (Phi) is 3.70. The Morgan fingerprint density at radius 3 is 2.62 bits per heavy atom. The molecule has 88 valence electrons. The second kappa shape index (κ2) is 4.66. The highest BCUT2D eigenvalue weighted by Crippen LogP contribution is 2.27. The van der Waals surface area contributed by atoms with Crippen LogP contribution in [-0.4, -0.2) is 11.7 Å². The van der Waals surface area contributed by atoms with Gasteiger partial charge in [-0.3, -0.25) is 0 Å². The Morgan fingerprint density at radius 2 is 2.12 bits per heavy atom. The minimum Gasteiger partial charge on any atom is -0.494 e. The second-order valence-electron chi connectivity index (χ2n) is 4.08. The molecular formula is C13H17FO2. The van der Waals surface area contributed by atoms with Crippen molar-refractivity contribution in [2.45, 2.75) is 26.4 Å². The molecule has 0 bridgehead atoms. The van der Waals surface area contributed by atoms with E-state index < -0.39 is 11.4 Å². The Morgan fingerprint density at radius 1 is 1.50 bits per heavy atom.